The van der Waals surface area contributed by atoms with Crippen LogP contribution in [0.15, 0.2) is 47.5 Å². The second-order valence-corrected chi connectivity index (χ2v) is 10.7. The molecule has 1 fully saturated rings. The molecule has 32 heavy (non-hydrogen) atoms. The Morgan fingerprint density at radius 2 is 1.62 bits per heavy atom. The molecule has 8 heteroatoms. The van der Waals surface area contributed by atoms with E-state index in [1.807, 2.05) is 63.8 Å². The largest absolute Gasteiger partial charge is 0.353 e. The van der Waals surface area contributed by atoms with Crippen molar-refractivity contribution in [2.75, 3.05) is 31.1 Å². The fourth-order valence-electron chi connectivity index (χ4n) is 4.25. The number of pyridine rings is 1. The number of nitrogens with zero attached hydrogens (tertiary/aromatic N) is 4. The van der Waals surface area contributed by atoms with Crippen molar-refractivity contribution in [1.29, 1.82) is 0 Å². The molecule has 0 aliphatic carbocycles. The summed E-state index contributed by atoms with van der Waals surface area (Å²) < 4.78 is 27.5. The van der Waals surface area contributed by atoms with E-state index in [0.29, 0.717) is 32.6 Å². The lowest BCUT2D eigenvalue weighted by molar-refractivity contribution is -0.130. The average molecular weight is 459 g/mol. The second-order valence-electron chi connectivity index (χ2n) is 8.85. The quantitative estimate of drug-likeness (QED) is 0.638. The van der Waals surface area contributed by atoms with Crippen molar-refractivity contribution in [2.24, 2.45) is 0 Å². The van der Waals surface area contributed by atoms with Crippen LogP contribution in [0, 0.1) is 6.92 Å². The van der Waals surface area contributed by atoms with Crippen molar-refractivity contribution in [1.82, 2.24) is 14.2 Å². The van der Waals surface area contributed by atoms with Crippen molar-refractivity contribution < 1.29 is 13.2 Å². The van der Waals surface area contributed by atoms with Crippen LogP contribution in [0.1, 0.15) is 38.8 Å². The van der Waals surface area contributed by atoms with E-state index in [-0.39, 0.29) is 22.9 Å². The molecule has 174 valence electrons. The van der Waals surface area contributed by atoms with Crippen LogP contribution in [0.2, 0.25) is 0 Å². The maximum Gasteiger partial charge on any atom is 0.245 e. The summed E-state index contributed by atoms with van der Waals surface area (Å²) in [6, 6.07) is 11.1. The Hall–Kier alpha value is -2.45. The predicted octanol–water partition coefficient (Wildman–Crippen LogP) is 3.09. The maximum absolute atomic E-state index is 13.0. The monoisotopic (exact) mass is 458 g/mol. The summed E-state index contributed by atoms with van der Waals surface area (Å²) in [5.41, 5.74) is 2.20. The van der Waals surface area contributed by atoms with E-state index in [2.05, 4.69) is 9.88 Å². The summed E-state index contributed by atoms with van der Waals surface area (Å²) in [6.45, 7) is 12.1. The molecule has 3 rings (SSSR count). The molecule has 0 radical (unpaired) electrons. The fraction of sp³-hybridized carbons (Fsp3) is 0.500. The first-order valence-corrected chi connectivity index (χ1v) is 12.6. The highest BCUT2D eigenvalue weighted by molar-refractivity contribution is 7.89. The first-order chi connectivity index (χ1) is 15.1. The maximum atomic E-state index is 13.0. The molecular weight excluding hydrogens is 424 g/mol. The van der Waals surface area contributed by atoms with Gasteiger partial charge in [0.05, 0.1) is 6.42 Å². The SMILES string of the molecule is Cc1ccccc1CC(=O)N1CCN(c2ccc(S(=O)(=O)N(C(C)C)C(C)C)cn2)CC1. The topological polar surface area (TPSA) is 73.8 Å². The highest BCUT2D eigenvalue weighted by Gasteiger charge is 2.30. The van der Waals surface area contributed by atoms with Crippen LogP contribution in [0.5, 0.6) is 0 Å². The van der Waals surface area contributed by atoms with Gasteiger partial charge in [0.1, 0.15) is 10.7 Å². The number of amides is 1. The van der Waals surface area contributed by atoms with Crippen LogP contribution in [-0.4, -0.2) is 66.8 Å². The lowest BCUT2D eigenvalue weighted by Crippen LogP contribution is -2.49. The van der Waals surface area contributed by atoms with E-state index >= 15 is 0 Å². The van der Waals surface area contributed by atoms with Crippen LogP contribution < -0.4 is 4.90 Å². The van der Waals surface area contributed by atoms with Gasteiger partial charge in [-0.15, -0.1) is 0 Å². The predicted molar refractivity (Wildman–Crippen MR) is 127 cm³/mol. The number of anilines is 1. The van der Waals surface area contributed by atoms with E-state index in [9.17, 15) is 13.2 Å². The number of aryl methyl sites for hydroxylation is 1. The zero-order valence-corrected chi connectivity index (χ0v) is 20.5. The van der Waals surface area contributed by atoms with E-state index in [1.54, 1.807) is 12.1 Å². The normalized spacial score (nSPS) is 15.1. The van der Waals surface area contributed by atoms with E-state index < -0.39 is 10.0 Å². The Balaban J connectivity index is 1.63. The van der Waals surface area contributed by atoms with Gasteiger partial charge in [0.15, 0.2) is 0 Å². The number of hydrogen-bond donors (Lipinski definition) is 0. The molecule has 0 atom stereocenters. The molecule has 0 bridgehead atoms. The van der Waals surface area contributed by atoms with E-state index in [1.165, 1.54) is 10.5 Å². The summed E-state index contributed by atoms with van der Waals surface area (Å²) in [5, 5.41) is 0. The molecule has 1 saturated heterocycles. The highest BCUT2D eigenvalue weighted by atomic mass is 32.2. The van der Waals surface area contributed by atoms with Crippen molar-refractivity contribution in [3.05, 3.63) is 53.7 Å². The molecule has 0 spiro atoms. The van der Waals surface area contributed by atoms with Gasteiger partial charge >= 0.3 is 0 Å². The van der Waals surface area contributed by atoms with Crippen LogP contribution in [0.3, 0.4) is 0 Å². The number of rotatable bonds is 7. The molecule has 2 heterocycles. The number of carbonyl (C=O) groups excluding carboxylic acids is 1. The lowest BCUT2D eigenvalue weighted by atomic mass is 10.1. The van der Waals surface area contributed by atoms with Gasteiger partial charge in [0.25, 0.3) is 0 Å². The fourth-order valence-corrected chi connectivity index (χ4v) is 6.03. The van der Waals surface area contributed by atoms with Crippen LogP contribution >= 0.6 is 0 Å². The minimum atomic E-state index is -3.60. The van der Waals surface area contributed by atoms with E-state index in [0.717, 1.165) is 16.9 Å². The molecule has 0 N–H and O–H groups in total. The molecule has 1 amide bonds. The smallest absolute Gasteiger partial charge is 0.245 e. The van der Waals surface area contributed by atoms with Gasteiger partial charge in [-0.2, -0.15) is 4.31 Å². The van der Waals surface area contributed by atoms with Gasteiger partial charge < -0.3 is 9.80 Å². The Labute approximate surface area is 192 Å². The Kier molecular flexibility index (Phi) is 7.56. The third-order valence-electron chi connectivity index (χ3n) is 5.87. The van der Waals surface area contributed by atoms with Gasteiger partial charge in [-0.05, 0) is 57.9 Å². The van der Waals surface area contributed by atoms with Crippen LogP contribution in [-0.2, 0) is 21.2 Å². The van der Waals surface area contributed by atoms with Gasteiger partial charge in [0.2, 0.25) is 15.9 Å². The summed E-state index contributed by atoms with van der Waals surface area (Å²) in [6.07, 6.45) is 1.86. The Morgan fingerprint density at radius 3 is 2.16 bits per heavy atom. The first-order valence-electron chi connectivity index (χ1n) is 11.2. The first kappa shape index (κ1) is 24.2. The van der Waals surface area contributed by atoms with Crippen LogP contribution in [0.4, 0.5) is 5.82 Å². The molecule has 1 aliphatic heterocycles. The van der Waals surface area contributed by atoms with E-state index in [4.69, 9.17) is 0 Å². The lowest BCUT2D eigenvalue weighted by Gasteiger charge is -2.35. The summed E-state index contributed by atoms with van der Waals surface area (Å²) in [4.78, 5) is 21.3. The van der Waals surface area contributed by atoms with Gasteiger partial charge in [-0.1, -0.05) is 24.3 Å². The number of hydrogen-bond acceptors (Lipinski definition) is 5. The number of benzene rings is 1. The van der Waals surface area contributed by atoms with Crippen molar-refractivity contribution in [2.45, 2.75) is 58.0 Å². The minimum Gasteiger partial charge on any atom is -0.353 e. The molecule has 0 saturated carbocycles. The summed E-state index contributed by atoms with van der Waals surface area (Å²) in [7, 11) is -3.60. The van der Waals surface area contributed by atoms with Crippen LogP contribution in [0.25, 0.3) is 0 Å². The minimum absolute atomic E-state index is 0.134. The zero-order valence-electron chi connectivity index (χ0n) is 19.7. The molecule has 0 unspecified atom stereocenters. The van der Waals surface area contributed by atoms with Gasteiger partial charge in [0, 0.05) is 44.5 Å². The zero-order chi connectivity index (χ0) is 23.5. The second kappa shape index (κ2) is 10.0. The summed E-state index contributed by atoms with van der Waals surface area (Å²) >= 11 is 0. The number of aromatic nitrogens is 1. The molecular formula is C24H34N4O3S. The van der Waals surface area contributed by atoms with Crippen molar-refractivity contribution in [3.8, 4) is 0 Å². The Morgan fingerprint density at radius 1 is 1.00 bits per heavy atom. The molecule has 1 aliphatic rings. The molecule has 7 nitrogen and oxygen atoms in total. The molecule has 2 aromatic rings. The third-order valence-corrected chi connectivity index (χ3v) is 8.11. The average Bonchev–Trinajstić information content (AvgIpc) is 2.74. The standard InChI is InChI=1S/C24H34N4O3S/c1-18(2)28(19(3)4)32(30,31)22-10-11-23(25-17-22)26-12-14-27(15-13-26)24(29)16-21-9-7-6-8-20(21)5/h6-11,17-19H,12-16H2,1-5H3. The Bertz CT molecular complexity index is 1020. The van der Waals surface area contributed by atoms with Crippen molar-refractivity contribution in [3.63, 3.8) is 0 Å². The van der Waals surface area contributed by atoms with Gasteiger partial charge in [-0.3, -0.25) is 4.79 Å². The highest BCUT2D eigenvalue weighted by Crippen LogP contribution is 2.23. The number of sulfonamides is 1. The molecule has 1 aromatic carbocycles. The molecule has 1 aromatic heterocycles. The number of piperazine rings is 1. The van der Waals surface area contributed by atoms with Crippen molar-refractivity contribution >= 4 is 21.7 Å². The summed E-state index contributed by atoms with van der Waals surface area (Å²) in [5.74, 6) is 0.867. The third kappa shape index (κ3) is 5.30. The van der Waals surface area contributed by atoms with Gasteiger partial charge in [-0.25, -0.2) is 13.4 Å². The number of carbonyl (C=O) groups is 1.